The van der Waals surface area contributed by atoms with Crippen LogP contribution in [0.1, 0.15) is 21.5 Å². The average Bonchev–Trinajstić information content (AvgIpc) is 2.94. The Morgan fingerprint density at radius 3 is 1.82 bits per heavy atom. The number of carbonyl (C=O) groups excluding carboxylic acids is 1. The fraction of sp³-hybridized carbons (Fsp3) is 0. The Morgan fingerprint density at radius 2 is 1.14 bits per heavy atom. The van der Waals surface area contributed by atoms with Gasteiger partial charge in [0.25, 0.3) is 0 Å². The van der Waals surface area contributed by atoms with Gasteiger partial charge in [-0.25, -0.2) is 0 Å². The minimum atomic E-state index is 0.0895. The van der Waals surface area contributed by atoms with Crippen molar-refractivity contribution < 1.29 is 4.79 Å². The van der Waals surface area contributed by atoms with E-state index < -0.39 is 0 Å². The molecule has 0 bridgehead atoms. The quantitative estimate of drug-likeness (QED) is 0.647. The SMILES string of the molecule is O=C1C=C(c2ccccc2)c2c1cccc2-c1ccccc1. The van der Waals surface area contributed by atoms with Crippen LogP contribution < -0.4 is 0 Å². The lowest BCUT2D eigenvalue weighted by Crippen LogP contribution is -1.94. The van der Waals surface area contributed by atoms with Crippen LogP contribution in [0.4, 0.5) is 0 Å². The lowest BCUT2D eigenvalue weighted by atomic mass is 9.91. The van der Waals surface area contributed by atoms with Gasteiger partial charge in [-0.15, -0.1) is 0 Å². The summed E-state index contributed by atoms with van der Waals surface area (Å²) >= 11 is 0. The molecule has 3 aromatic rings. The molecular formula is C21H14O. The maximum atomic E-state index is 12.4. The summed E-state index contributed by atoms with van der Waals surface area (Å²) in [5.74, 6) is 0.0895. The lowest BCUT2D eigenvalue weighted by molar-refractivity contribution is 0.105. The normalized spacial score (nSPS) is 12.9. The molecule has 22 heavy (non-hydrogen) atoms. The lowest BCUT2D eigenvalue weighted by Gasteiger charge is -2.12. The topological polar surface area (TPSA) is 17.1 Å². The predicted octanol–water partition coefficient (Wildman–Crippen LogP) is 4.98. The summed E-state index contributed by atoms with van der Waals surface area (Å²) in [5.41, 5.74) is 6.18. The molecule has 1 heteroatoms. The molecule has 0 atom stereocenters. The second kappa shape index (κ2) is 5.12. The van der Waals surface area contributed by atoms with Gasteiger partial charge in [0.1, 0.15) is 0 Å². The monoisotopic (exact) mass is 282 g/mol. The first kappa shape index (κ1) is 12.8. The van der Waals surface area contributed by atoms with E-state index in [0.29, 0.717) is 0 Å². The van der Waals surface area contributed by atoms with E-state index in [0.717, 1.165) is 33.4 Å². The molecule has 0 N–H and O–H groups in total. The second-order valence-corrected chi connectivity index (χ2v) is 5.38. The van der Waals surface area contributed by atoms with E-state index in [4.69, 9.17) is 0 Å². The number of hydrogen-bond acceptors (Lipinski definition) is 1. The highest BCUT2D eigenvalue weighted by Crippen LogP contribution is 2.39. The third kappa shape index (κ3) is 1.99. The first-order valence-corrected chi connectivity index (χ1v) is 7.35. The first-order valence-electron chi connectivity index (χ1n) is 7.35. The minimum Gasteiger partial charge on any atom is -0.289 e. The highest BCUT2D eigenvalue weighted by molar-refractivity contribution is 6.20. The van der Waals surface area contributed by atoms with Crippen LogP contribution >= 0.6 is 0 Å². The van der Waals surface area contributed by atoms with Crippen molar-refractivity contribution >= 4 is 11.4 Å². The summed E-state index contributed by atoms with van der Waals surface area (Å²) in [6.45, 7) is 0. The van der Waals surface area contributed by atoms with Crippen LogP contribution in [0.5, 0.6) is 0 Å². The average molecular weight is 282 g/mol. The van der Waals surface area contributed by atoms with Crippen molar-refractivity contribution in [3.05, 3.63) is 102 Å². The molecule has 0 heterocycles. The number of carbonyl (C=O) groups is 1. The van der Waals surface area contributed by atoms with Gasteiger partial charge in [-0.1, -0.05) is 78.9 Å². The van der Waals surface area contributed by atoms with Crippen molar-refractivity contribution in [1.29, 1.82) is 0 Å². The first-order chi connectivity index (χ1) is 10.8. The molecule has 1 nitrogen and oxygen atoms in total. The third-order valence-corrected chi connectivity index (χ3v) is 4.04. The van der Waals surface area contributed by atoms with Crippen molar-refractivity contribution in [2.45, 2.75) is 0 Å². The van der Waals surface area contributed by atoms with E-state index in [1.54, 1.807) is 6.08 Å². The Hall–Kier alpha value is -2.93. The fourth-order valence-electron chi connectivity index (χ4n) is 3.03. The molecule has 0 aliphatic heterocycles. The van der Waals surface area contributed by atoms with E-state index in [-0.39, 0.29) is 5.78 Å². The zero-order chi connectivity index (χ0) is 14.9. The highest BCUT2D eigenvalue weighted by Gasteiger charge is 2.25. The molecule has 0 saturated heterocycles. The van der Waals surface area contributed by atoms with E-state index in [2.05, 4.69) is 30.3 Å². The summed E-state index contributed by atoms with van der Waals surface area (Å²) in [5, 5.41) is 0. The Bertz CT molecular complexity index is 874. The molecule has 1 aliphatic rings. The van der Waals surface area contributed by atoms with Crippen LogP contribution in [0.3, 0.4) is 0 Å². The smallest absolute Gasteiger partial charge is 0.187 e. The Kier molecular flexibility index (Phi) is 2.97. The molecule has 4 rings (SSSR count). The largest absolute Gasteiger partial charge is 0.289 e. The van der Waals surface area contributed by atoms with Gasteiger partial charge in [-0.3, -0.25) is 4.79 Å². The van der Waals surface area contributed by atoms with Crippen LogP contribution in [-0.2, 0) is 0 Å². The minimum absolute atomic E-state index is 0.0895. The standard InChI is InChI=1S/C21H14O/c22-20-14-19(16-10-5-2-6-11-16)21-17(12-7-13-18(20)21)15-8-3-1-4-9-15/h1-14H. The van der Waals surface area contributed by atoms with Crippen LogP contribution in [0.25, 0.3) is 16.7 Å². The number of benzene rings is 3. The summed E-state index contributed by atoms with van der Waals surface area (Å²) in [6.07, 6.45) is 1.76. The molecule has 3 aromatic carbocycles. The molecule has 0 spiro atoms. The van der Waals surface area contributed by atoms with Gasteiger partial charge in [-0.05, 0) is 28.3 Å². The molecule has 0 fully saturated rings. The number of allylic oxidation sites excluding steroid dienone is 1. The number of fused-ring (bicyclic) bond motifs is 1. The molecule has 0 unspecified atom stereocenters. The van der Waals surface area contributed by atoms with Crippen molar-refractivity contribution in [3.63, 3.8) is 0 Å². The van der Waals surface area contributed by atoms with E-state index in [9.17, 15) is 4.79 Å². The molecule has 0 amide bonds. The molecule has 104 valence electrons. The predicted molar refractivity (Wildman–Crippen MR) is 89.7 cm³/mol. The van der Waals surface area contributed by atoms with Gasteiger partial charge < -0.3 is 0 Å². The third-order valence-electron chi connectivity index (χ3n) is 4.04. The molecule has 0 aromatic heterocycles. The van der Waals surface area contributed by atoms with Gasteiger partial charge >= 0.3 is 0 Å². The maximum absolute atomic E-state index is 12.4. The number of hydrogen-bond donors (Lipinski definition) is 0. The van der Waals surface area contributed by atoms with Crippen LogP contribution in [0.2, 0.25) is 0 Å². The summed E-state index contributed by atoms with van der Waals surface area (Å²) in [6, 6.07) is 26.3. The van der Waals surface area contributed by atoms with Crippen LogP contribution in [-0.4, -0.2) is 5.78 Å². The van der Waals surface area contributed by atoms with Crippen molar-refractivity contribution in [1.82, 2.24) is 0 Å². The van der Waals surface area contributed by atoms with E-state index in [1.807, 2.05) is 48.5 Å². The van der Waals surface area contributed by atoms with Gasteiger partial charge in [0.05, 0.1) is 0 Å². The van der Waals surface area contributed by atoms with Gasteiger partial charge in [-0.2, -0.15) is 0 Å². The van der Waals surface area contributed by atoms with Crippen molar-refractivity contribution in [3.8, 4) is 11.1 Å². The van der Waals surface area contributed by atoms with Gasteiger partial charge in [0, 0.05) is 11.1 Å². The molecule has 0 saturated carbocycles. The van der Waals surface area contributed by atoms with Crippen LogP contribution in [0, 0.1) is 0 Å². The van der Waals surface area contributed by atoms with E-state index in [1.165, 1.54) is 0 Å². The zero-order valence-electron chi connectivity index (χ0n) is 12.0. The second-order valence-electron chi connectivity index (χ2n) is 5.38. The Balaban J connectivity index is 1.97. The maximum Gasteiger partial charge on any atom is 0.187 e. The van der Waals surface area contributed by atoms with Crippen LogP contribution in [0.15, 0.2) is 84.9 Å². The number of rotatable bonds is 2. The number of ketones is 1. The summed E-state index contributed by atoms with van der Waals surface area (Å²) < 4.78 is 0. The van der Waals surface area contributed by atoms with Gasteiger partial charge in [0.2, 0.25) is 0 Å². The molecule has 1 aliphatic carbocycles. The Labute approximate surface area is 129 Å². The molecule has 0 radical (unpaired) electrons. The Morgan fingerprint density at radius 1 is 0.545 bits per heavy atom. The fourth-order valence-corrected chi connectivity index (χ4v) is 3.03. The molecular weight excluding hydrogens is 268 g/mol. The summed E-state index contributed by atoms with van der Waals surface area (Å²) in [4.78, 5) is 12.4. The van der Waals surface area contributed by atoms with Gasteiger partial charge in [0.15, 0.2) is 5.78 Å². The highest BCUT2D eigenvalue weighted by atomic mass is 16.1. The van der Waals surface area contributed by atoms with Crippen molar-refractivity contribution in [2.24, 2.45) is 0 Å². The summed E-state index contributed by atoms with van der Waals surface area (Å²) in [7, 11) is 0. The van der Waals surface area contributed by atoms with Crippen molar-refractivity contribution in [2.75, 3.05) is 0 Å². The van der Waals surface area contributed by atoms with E-state index >= 15 is 0 Å². The zero-order valence-corrected chi connectivity index (χ0v) is 12.0.